The summed E-state index contributed by atoms with van der Waals surface area (Å²) in [7, 11) is 1.60. The van der Waals surface area contributed by atoms with E-state index >= 15 is 0 Å². The SMILES string of the molecule is COc1cc(Br)c(OCc2ccc(C#N)cc2Cl)cc1Br. The highest BCUT2D eigenvalue weighted by molar-refractivity contribution is 9.11. The molecule has 6 heteroatoms. The fraction of sp³-hybridized carbons (Fsp3) is 0.133. The lowest BCUT2D eigenvalue weighted by Crippen LogP contribution is -1.98. The molecule has 2 aromatic carbocycles. The second kappa shape index (κ2) is 7.17. The van der Waals surface area contributed by atoms with Gasteiger partial charge in [0.05, 0.1) is 27.7 Å². The van der Waals surface area contributed by atoms with Crippen LogP contribution < -0.4 is 9.47 Å². The molecule has 0 aliphatic carbocycles. The van der Waals surface area contributed by atoms with Crippen molar-refractivity contribution in [3.8, 4) is 17.6 Å². The van der Waals surface area contributed by atoms with Crippen molar-refractivity contribution in [2.45, 2.75) is 6.61 Å². The summed E-state index contributed by atoms with van der Waals surface area (Å²) in [6.07, 6.45) is 0. The summed E-state index contributed by atoms with van der Waals surface area (Å²) < 4.78 is 12.5. The molecular formula is C15H10Br2ClNO2. The van der Waals surface area contributed by atoms with Crippen LogP contribution in [-0.2, 0) is 6.61 Å². The Morgan fingerprint density at radius 3 is 2.43 bits per heavy atom. The second-order valence-electron chi connectivity index (χ2n) is 4.12. The molecule has 0 saturated heterocycles. The van der Waals surface area contributed by atoms with Gasteiger partial charge in [0.1, 0.15) is 18.1 Å². The third-order valence-electron chi connectivity index (χ3n) is 2.77. The molecule has 0 bridgehead atoms. The van der Waals surface area contributed by atoms with E-state index in [9.17, 15) is 0 Å². The highest BCUT2D eigenvalue weighted by Crippen LogP contribution is 2.36. The van der Waals surface area contributed by atoms with Crippen LogP contribution in [0.2, 0.25) is 5.02 Å². The Morgan fingerprint density at radius 1 is 1.14 bits per heavy atom. The number of benzene rings is 2. The summed E-state index contributed by atoms with van der Waals surface area (Å²) in [4.78, 5) is 0. The van der Waals surface area contributed by atoms with Crippen molar-refractivity contribution in [3.63, 3.8) is 0 Å². The number of methoxy groups -OCH3 is 1. The summed E-state index contributed by atoms with van der Waals surface area (Å²) in [6, 6.07) is 10.8. The van der Waals surface area contributed by atoms with E-state index in [-0.39, 0.29) is 0 Å². The predicted molar refractivity (Wildman–Crippen MR) is 88.9 cm³/mol. The van der Waals surface area contributed by atoms with Gasteiger partial charge in [0.2, 0.25) is 0 Å². The first kappa shape index (κ1) is 16.2. The summed E-state index contributed by atoms with van der Waals surface area (Å²) in [5.74, 6) is 1.38. The topological polar surface area (TPSA) is 42.2 Å². The van der Waals surface area contributed by atoms with Gasteiger partial charge in [-0.1, -0.05) is 17.7 Å². The van der Waals surface area contributed by atoms with Crippen molar-refractivity contribution < 1.29 is 9.47 Å². The Labute approximate surface area is 144 Å². The maximum absolute atomic E-state index is 8.81. The first-order valence-electron chi connectivity index (χ1n) is 5.89. The molecule has 0 saturated carbocycles. The van der Waals surface area contributed by atoms with Crippen molar-refractivity contribution in [1.82, 2.24) is 0 Å². The zero-order valence-electron chi connectivity index (χ0n) is 11.0. The van der Waals surface area contributed by atoms with Gasteiger partial charge in [-0.25, -0.2) is 0 Å². The van der Waals surface area contributed by atoms with Crippen LogP contribution in [0, 0.1) is 11.3 Å². The van der Waals surface area contributed by atoms with Crippen LogP contribution in [0.5, 0.6) is 11.5 Å². The minimum Gasteiger partial charge on any atom is -0.496 e. The predicted octanol–water partition coefficient (Wildman–Crippen LogP) is 5.32. The first-order valence-corrected chi connectivity index (χ1v) is 7.86. The smallest absolute Gasteiger partial charge is 0.135 e. The van der Waals surface area contributed by atoms with E-state index in [4.69, 9.17) is 26.3 Å². The van der Waals surface area contributed by atoms with Crippen LogP contribution in [-0.4, -0.2) is 7.11 Å². The fourth-order valence-corrected chi connectivity index (χ4v) is 2.82. The molecule has 2 rings (SSSR count). The average Bonchev–Trinajstić information content (AvgIpc) is 2.48. The van der Waals surface area contributed by atoms with Gasteiger partial charge in [-0.3, -0.25) is 0 Å². The molecule has 0 radical (unpaired) electrons. The Hall–Kier alpha value is -1.22. The number of nitrogens with zero attached hydrogens (tertiary/aromatic N) is 1. The largest absolute Gasteiger partial charge is 0.496 e. The average molecular weight is 432 g/mol. The zero-order valence-corrected chi connectivity index (χ0v) is 14.9. The highest BCUT2D eigenvalue weighted by Gasteiger charge is 2.09. The summed E-state index contributed by atoms with van der Waals surface area (Å²) in [6.45, 7) is 0.307. The van der Waals surface area contributed by atoms with Crippen LogP contribution in [0.1, 0.15) is 11.1 Å². The van der Waals surface area contributed by atoms with Gasteiger partial charge in [-0.05, 0) is 56.1 Å². The van der Waals surface area contributed by atoms with Gasteiger partial charge < -0.3 is 9.47 Å². The van der Waals surface area contributed by atoms with Gasteiger partial charge in [0, 0.05) is 10.6 Å². The Kier molecular flexibility index (Phi) is 5.51. The molecule has 0 amide bonds. The van der Waals surface area contributed by atoms with Gasteiger partial charge in [0.15, 0.2) is 0 Å². The van der Waals surface area contributed by atoms with Crippen LogP contribution in [0.4, 0.5) is 0 Å². The molecule has 0 heterocycles. The molecule has 0 spiro atoms. The lowest BCUT2D eigenvalue weighted by Gasteiger charge is -2.12. The van der Waals surface area contributed by atoms with Crippen molar-refractivity contribution in [2.24, 2.45) is 0 Å². The monoisotopic (exact) mass is 429 g/mol. The van der Waals surface area contributed by atoms with Gasteiger partial charge >= 0.3 is 0 Å². The quantitative estimate of drug-likeness (QED) is 0.658. The van der Waals surface area contributed by atoms with E-state index in [1.54, 1.807) is 25.3 Å². The number of rotatable bonds is 4. The highest BCUT2D eigenvalue weighted by atomic mass is 79.9. The van der Waals surface area contributed by atoms with Gasteiger partial charge in [-0.2, -0.15) is 5.26 Å². The van der Waals surface area contributed by atoms with Gasteiger partial charge in [0.25, 0.3) is 0 Å². The molecule has 0 atom stereocenters. The minimum absolute atomic E-state index is 0.307. The normalized spacial score (nSPS) is 10.0. The first-order chi connectivity index (χ1) is 10.0. The second-order valence-corrected chi connectivity index (χ2v) is 6.24. The molecule has 2 aromatic rings. The van der Waals surface area contributed by atoms with E-state index in [1.165, 1.54) is 0 Å². The van der Waals surface area contributed by atoms with Crippen LogP contribution in [0.15, 0.2) is 39.3 Å². The zero-order chi connectivity index (χ0) is 15.4. The van der Waals surface area contributed by atoms with E-state index in [0.717, 1.165) is 14.5 Å². The third-order valence-corrected chi connectivity index (χ3v) is 4.36. The molecule has 108 valence electrons. The van der Waals surface area contributed by atoms with E-state index < -0.39 is 0 Å². The van der Waals surface area contributed by atoms with Crippen molar-refractivity contribution in [3.05, 3.63) is 55.4 Å². The molecule has 0 fully saturated rings. The molecular weight excluding hydrogens is 421 g/mol. The third kappa shape index (κ3) is 3.91. The minimum atomic E-state index is 0.307. The molecule has 3 nitrogen and oxygen atoms in total. The number of ether oxygens (including phenoxy) is 2. The maximum Gasteiger partial charge on any atom is 0.135 e. The van der Waals surface area contributed by atoms with Crippen LogP contribution >= 0.6 is 43.5 Å². The van der Waals surface area contributed by atoms with Crippen LogP contribution in [0.3, 0.4) is 0 Å². The molecule has 0 unspecified atom stereocenters. The molecule has 21 heavy (non-hydrogen) atoms. The van der Waals surface area contributed by atoms with Crippen molar-refractivity contribution in [2.75, 3.05) is 7.11 Å². The van der Waals surface area contributed by atoms with E-state index in [2.05, 4.69) is 31.9 Å². The Bertz CT molecular complexity index is 714. The summed E-state index contributed by atoms with van der Waals surface area (Å²) >= 11 is 13.0. The van der Waals surface area contributed by atoms with Crippen molar-refractivity contribution >= 4 is 43.5 Å². The van der Waals surface area contributed by atoms with Crippen molar-refractivity contribution in [1.29, 1.82) is 5.26 Å². The molecule has 0 aliphatic rings. The maximum atomic E-state index is 8.81. The van der Waals surface area contributed by atoms with E-state index in [1.807, 2.05) is 18.2 Å². The fourth-order valence-electron chi connectivity index (χ4n) is 1.67. The standard InChI is InChI=1S/C15H10Br2ClNO2/c1-20-14-5-12(17)15(6-11(14)16)21-8-10-3-2-9(7-19)4-13(10)18/h2-6H,8H2,1H3. The lowest BCUT2D eigenvalue weighted by molar-refractivity contribution is 0.303. The lowest BCUT2D eigenvalue weighted by atomic mass is 10.1. The molecule has 0 aromatic heterocycles. The number of halogens is 3. The van der Waals surface area contributed by atoms with Gasteiger partial charge in [-0.15, -0.1) is 0 Å². The Morgan fingerprint density at radius 2 is 1.81 bits per heavy atom. The summed E-state index contributed by atoms with van der Waals surface area (Å²) in [5.41, 5.74) is 1.34. The number of hydrogen-bond donors (Lipinski definition) is 0. The summed E-state index contributed by atoms with van der Waals surface area (Å²) in [5, 5.41) is 9.33. The molecule has 0 aliphatic heterocycles. The number of hydrogen-bond acceptors (Lipinski definition) is 3. The Balaban J connectivity index is 2.17. The van der Waals surface area contributed by atoms with E-state index in [0.29, 0.717) is 28.7 Å². The molecule has 0 N–H and O–H groups in total. The van der Waals surface area contributed by atoms with Crippen LogP contribution in [0.25, 0.3) is 0 Å². The number of nitriles is 1.